The second kappa shape index (κ2) is 6.30. The molecule has 20 heavy (non-hydrogen) atoms. The Hall–Kier alpha value is -2.20. The van der Waals surface area contributed by atoms with Crippen LogP contribution in [0.4, 0.5) is 5.69 Å². The highest BCUT2D eigenvalue weighted by atomic mass is 35.5. The molecular formula is C15H14ClNO3. The van der Waals surface area contributed by atoms with Crippen molar-refractivity contribution >= 4 is 23.3 Å². The molecule has 104 valence electrons. The van der Waals surface area contributed by atoms with Crippen LogP contribution in [0.25, 0.3) is 0 Å². The number of carbonyl (C=O) groups excluding carboxylic acids is 1. The van der Waals surface area contributed by atoms with Crippen molar-refractivity contribution in [3.05, 3.63) is 53.1 Å². The van der Waals surface area contributed by atoms with Gasteiger partial charge in [0.15, 0.2) is 0 Å². The van der Waals surface area contributed by atoms with Gasteiger partial charge in [-0.3, -0.25) is 0 Å². The van der Waals surface area contributed by atoms with E-state index in [-0.39, 0.29) is 0 Å². The molecule has 0 spiro atoms. The van der Waals surface area contributed by atoms with Crippen LogP contribution in [0.3, 0.4) is 0 Å². The molecule has 0 radical (unpaired) electrons. The van der Waals surface area contributed by atoms with Crippen LogP contribution in [0.2, 0.25) is 5.02 Å². The van der Waals surface area contributed by atoms with Crippen LogP contribution in [-0.2, 0) is 4.74 Å². The maximum atomic E-state index is 11.6. The average molecular weight is 292 g/mol. The molecule has 0 aromatic heterocycles. The van der Waals surface area contributed by atoms with Crippen molar-refractivity contribution < 1.29 is 14.3 Å². The summed E-state index contributed by atoms with van der Waals surface area (Å²) in [7, 11) is 0. The van der Waals surface area contributed by atoms with E-state index in [0.29, 0.717) is 34.4 Å². The highest BCUT2D eigenvalue weighted by Gasteiger charge is 2.11. The van der Waals surface area contributed by atoms with Crippen molar-refractivity contribution in [2.75, 3.05) is 12.3 Å². The molecule has 0 aliphatic heterocycles. The van der Waals surface area contributed by atoms with E-state index in [1.165, 1.54) is 6.07 Å². The molecule has 4 nitrogen and oxygen atoms in total. The maximum absolute atomic E-state index is 11.6. The first-order valence-electron chi connectivity index (χ1n) is 6.11. The van der Waals surface area contributed by atoms with E-state index in [9.17, 15) is 4.79 Å². The van der Waals surface area contributed by atoms with Gasteiger partial charge in [0.1, 0.15) is 11.5 Å². The third-order valence-electron chi connectivity index (χ3n) is 2.58. The molecule has 0 bridgehead atoms. The number of nitrogen functional groups attached to an aromatic ring is 1. The fourth-order valence-electron chi connectivity index (χ4n) is 1.63. The van der Waals surface area contributed by atoms with Gasteiger partial charge in [-0.25, -0.2) is 4.79 Å². The molecular weight excluding hydrogens is 278 g/mol. The van der Waals surface area contributed by atoms with Crippen LogP contribution in [0.5, 0.6) is 11.5 Å². The number of nitrogens with two attached hydrogens (primary N) is 1. The zero-order valence-corrected chi connectivity index (χ0v) is 11.7. The summed E-state index contributed by atoms with van der Waals surface area (Å²) >= 11 is 6.01. The summed E-state index contributed by atoms with van der Waals surface area (Å²) in [5, 5.41) is 0.487. The number of ether oxygens (including phenoxy) is 2. The number of rotatable bonds is 4. The summed E-state index contributed by atoms with van der Waals surface area (Å²) in [5.41, 5.74) is 6.61. The molecule has 2 aromatic rings. The number of hydrogen-bond acceptors (Lipinski definition) is 4. The van der Waals surface area contributed by atoms with E-state index < -0.39 is 5.97 Å². The second-order valence-corrected chi connectivity index (χ2v) is 4.41. The number of benzene rings is 2. The molecule has 0 unspecified atom stereocenters. The van der Waals surface area contributed by atoms with Crippen molar-refractivity contribution in [3.63, 3.8) is 0 Å². The predicted octanol–water partition coefficient (Wildman–Crippen LogP) is 3.89. The molecule has 0 saturated heterocycles. The van der Waals surface area contributed by atoms with Crippen molar-refractivity contribution in [2.24, 2.45) is 0 Å². The molecule has 2 N–H and O–H groups in total. The Morgan fingerprint density at radius 3 is 2.60 bits per heavy atom. The van der Waals surface area contributed by atoms with E-state index >= 15 is 0 Å². The predicted molar refractivity (Wildman–Crippen MR) is 78.3 cm³/mol. The topological polar surface area (TPSA) is 61.5 Å². The van der Waals surface area contributed by atoms with E-state index in [2.05, 4.69) is 0 Å². The van der Waals surface area contributed by atoms with Crippen molar-refractivity contribution in [2.45, 2.75) is 6.92 Å². The van der Waals surface area contributed by atoms with Crippen LogP contribution in [0.1, 0.15) is 17.3 Å². The first-order valence-corrected chi connectivity index (χ1v) is 6.48. The lowest BCUT2D eigenvalue weighted by molar-refractivity contribution is 0.0526. The first-order chi connectivity index (χ1) is 9.61. The quantitative estimate of drug-likeness (QED) is 0.686. The number of anilines is 1. The second-order valence-electron chi connectivity index (χ2n) is 4.01. The fourth-order valence-corrected chi connectivity index (χ4v) is 1.80. The average Bonchev–Trinajstić information content (AvgIpc) is 2.43. The van der Waals surface area contributed by atoms with Gasteiger partial charge in [0.25, 0.3) is 0 Å². The lowest BCUT2D eigenvalue weighted by atomic mass is 10.2. The monoisotopic (exact) mass is 291 g/mol. The summed E-state index contributed by atoms with van der Waals surface area (Å²) in [6.45, 7) is 2.06. The zero-order valence-electron chi connectivity index (χ0n) is 10.9. The summed E-state index contributed by atoms with van der Waals surface area (Å²) in [6, 6.07) is 11.8. The van der Waals surface area contributed by atoms with Crippen molar-refractivity contribution in [1.82, 2.24) is 0 Å². The van der Waals surface area contributed by atoms with Crippen LogP contribution in [0, 0.1) is 0 Å². The Morgan fingerprint density at radius 2 is 1.95 bits per heavy atom. The van der Waals surface area contributed by atoms with Crippen molar-refractivity contribution in [1.29, 1.82) is 0 Å². The molecule has 0 saturated carbocycles. The minimum atomic E-state index is -0.413. The normalized spacial score (nSPS) is 10.1. The van der Waals surface area contributed by atoms with Gasteiger partial charge < -0.3 is 15.2 Å². The van der Waals surface area contributed by atoms with Gasteiger partial charge in [-0.2, -0.15) is 0 Å². The van der Waals surface area contributed by atoms with Gasteiger partial charge in [0, 0.05) is 0 Å². The molecule has 0 fully saturated rings. The number of hydrogen-bond donors (Lipinski definition) is 1. The Balaban J connectivity index is 2.22. The third kappa shape index (κ3) is 3.22. The molecule has 0 aliphatic carbocycles. The Bertz CT molecular complexity index is 628. The maximum Gasteiger partial charge on any atom is 0.338 e. The molecule has 2 aromatic carbocycles. The van der Waals surface area contributed by atoms with E-state index in [1.807, 2.05) is 12.1 Å². The molecule has 2 rings (SSSR count). The highest BCUT2D eigenvalue weighted by molar-refractivity contribution is 6.32. The third-order valence-corrected chi connectivity index (χ3v) is 2.89. The number of para-hydroxylation sites is 1. The summed E-state index contributed by atoms with van der Waals surface area (Å²) in [6.07, 6.45) is 0. The number of carbonyl (C=O) groups is 1. The van der Waals surface area contributed by atoms with Crippen LogP contribution in [-0.4, -0.2) is 12.6 Å². The van der Waals surface area contributed by atoms with Gasteiger partial charge in [-0.15, -0.1) is 0 Å². The highest BCUT2D eigenvalue weighted by Crippen LogP contribution is 2.32. The first kappa shape index (κ1) is 14.2. The van der Waals surface area contributed by atoms with Crippen LogP contribution in [0.15, 0.2) is 42.5 Å². The molecule has 5 heteroatoms. The standard InChI is InChI=1S/C15H14ClNO3/c1-2-19-15(18)10-7-8-14(12(17)9-10)20-13-6-4-3-5-11(13)16/h3-9H,2,17H2,1H3. The van der Waals surface area contributed by atoms with Gasteiger partial charge in [-0.1, -0.05) is 23.7 Å². The van der Waals surface area contributed by atoms with E-state index in [0.717, 1.165) is 0 Å². The fraction of sp³-hybridized carbons (Fsp3) is 0.133. The minimum absolute atomic E-state index is 0.316. The largest absolute Gasteiger partial charge is 0.462 e. The Labute approximate surface area is 122 Å². The molecule has 0 heterocycles. The Kier molecular flexibility index (Phi) is 4.48. The van der Waals surface area contributed by atoms with E-state index in [1.54, 1.807) is 31.2 Å². The molecule has 0 amide bonds. The summed E-state index contributed by atoms with van der Waals surface area (Å²) < 4.78 is 10.5. The molecule has 0 aliphatic rings. The van der Waals surface area contributed by atoms with Crippen molar-refractivity contribution in [3.8, 4) is 11.5 Å². The van der Waals surface area contributed by atoms with Gasteiger partial charge >= 0.3 is 5.97 Å². The van der Waals surface area contributed by atoms with Gasteiger partial charge in [-0.05, 0) is 37.3 Å². The minimum Gasteiger partial charge on any atom is -0.462 e. The smallest absolute Gasteiger partial charge is 0.338 e. The zero-order chi connectivity index (χ0) is 14.5. The number of esters is 1. The SMILES string of the molecule is CCOC(=O)c1ccc(Oc2ccccc2Cl)c(N)c1. The van der Waals surface area contributed by atoms with Crippen LogP contribution < -0.4 is 10.5 Å². The Morgan fingerprint density at radius 1 is 1.20 bits per heavy atom. The lowest BCUT2D eigenvalue weighted by Gasteiger charge is -2.10. The lowest BCUT2D eigenvalue weighted by Crippen LogP contribution is -2.05. The number of halogens is 1. The van der Waals surface area contributed by atoms with Gasteiger partial charge in [0.2, 0.25) is 0 Å². The van der Waals surface area contributed by atoms with E-state index in [4.69, 9.17) is 26.8 Å². The van der Waals surface area contributed by atoms with Gasteiger partial charge in [0.05, 0.1) is 22.9 Å². The molecule has 0 atom stereocenters. The van der Waals surface area contributed by atoms with Crippen LogP contribution >= 0.6 is 11.6 Å². The summed E-state index contributed by atoms with van der Waals surface area (Å²) in [4.78, 5) is 11.6. The summed E-state index contributed by atoms with van der Waals surface area (Å²) in [5.74, 6) is 0.527.